The Bertz CT molecular complexity index is 1010. The molecule has 1 fully saturated rings. The molecule has 3 rings (SSSR count). The van der Waals surface area contributed by atoms with Crippen LogP contribution in [-0.2, 0) is 24.2 Å². The Morgan fingerprint density at radius 2 is 1.80 bits per heavy atom. The van der Waals surface area contributed by atoms with Gasteiger partial charge in [0.05, 0.1) is 16.2 Å². The molecule has 0 radical (unpaired) electrons. The molecular formula is C21H24N2O6S. The van der Waals surface area contributed by atoms with Gasteiger partial charge in [0.25, 0.3) is 10.0 Å². The molecule has 0 unspecified atom stereocenters. The van der Waals surface area contributed by atoms with E-state index in [9.17, 15) is 13.2 Å². The molecule has 0 aliphatic carbocycles. The Balaban J connectivity index is 1.83. The molecule has 0 bridgehead atoms. The summed E-state index contributed by atoms with van der Waals surface area (Å²) in [5, 5.41) is 4.07. The number of ether oxygens (including phenoxy) is 3. The number of hydrogen-bond acceptors (Lipinski definition) is 7. The Morgan fingerprint density at radius 1 is 1.13 bits per heavy atom. The summed E-state index contributed by atoms with van der Waals surface area (Å²) in [6.45, 7) is 3.57. The monoisotopic (exact) mass is 432 g/mol. The maximum atomic E-state index is 12.6. The van der Waals surface area contributed by atoms with Crippen molar-refractivity contribution in [3.8, 4) is 0 Å². The van der Waals surface area contributed by atoms with Crippen LogP contribution >= 0.6 is 0 Å². The van der Waals surface area contributed by atoms with Crippen molar-refractivity contribution >= 4 is 21.7 Å². The van der Waals surface area contributed by atoms with Crippen LogP contribution in [0.5, 0.6) is 0 Å². The standard InChI is InChI=1S/C21H24N2O6S/c1-14-9-11-17(12-10-14)30(25,26)23-22-18-13-19(27-3)28-15(2)20(18)29-21(24)16-7-5-4-6-8-16/h4-12,15,19-20,23H,13H2,1-3H3/t15-,19+,20-/m1/s1. The Hall–Kier alpha value is -2.75. The van der Waals surface area contributed by atoms with Gasteiger partial charge in [-0.2, -0.15) is 18.4 Å². The van der Waals surface area contributed by atoms with Crippen LogP contribution in [0, 0.1) is 6.92 Å². The average Bonchev–Trinajstić information content (AvgIpc) is 2.74. The lowest BCUT2D eigenvalue weighted by atomic mass is 10.0. The van der Waals surface area contributed by atoms with Gasteiger partial charge in [0.1, 0.15) is 6.10 Å². The van der Waals surface area contributed by atoms with Gasteiger partial charge in [-0.1, -0.05) is 35.9 Å². The molecule has 0 saturated carbocycles. The lowest BCUT2D eigenvalue weighted by Crippen LogP contribution is -2.48. The highest BCUT2D eigenvalue weighted by atomic mass is 32.2. The summed E-state index contributed by atoms with van der Waals surface area (Å²) in [7, 11) is -2.41. The van der Waals surface area contributed by atoms with Crippen molar-refractivity contribution in [3.05, 3.63) is 65.7 Å². The largest absolute Gasteiger partial charge is 0.450 e. The second-order valence-corrected chi connectivity index (χ2v) is 8.57. The first kappa shape index (κ1) is 21.9. The fourth-order valence-corrected chi connectivity index (χ4v) is 3.81. The first-order valence-corrected chi connectivity index (χ1v) is 10.9. The molecule has 3 atom stereocenters. The number of methoxy groups -OCH3 is 1. The Morgan fingerprint density at radius 3 is 2.43 bits per heavy atom. The molecular weight excluding hydrogens is 408 g/mol. The summed E-state index contributed by atoms with van der Waals surface area (Å²) >= 11 is 0. The van der Waals surface area contributed by atoms with Crippen molar-refractivity contribution < 1.29 is 27.4 Å². The number of nitrogens with one attached hydrogen (secondary N) is 1. The van der Waals surface area contributed by atoms with Crippen LogP contribution in [0.3, 0.4) is 0 Å². The van der Waals surface area contributed by atoms with Crippen molar-refractivity contribution in [2.75, 3.05) is 7.11 Å². The minimum absolute atomic E-state index is 0.0821. The van der Waals surface area contributed by atoms with E-state index < -0.39 is 34.5 Å². The molecule has 9 heteroatoms. The van der Waals surface area contributed by atoms with E-state index in [1.54, 1.807) is 49.4 Å². The van der Waals surface area contributed by atoms with Gasteiger partial charge in [0, 0.05) is 13.5 Å². The summed E-state index contributed by atoms with van der Waals surface area (Å²) in [6, 6.07) is 14.9. The van der Waals surface area contributed by atoms with E-state index in [0.29, 0.717) is 11.3 Å². The van der Waals surface area contributed by atoms with Gasteiger partial charge in [0.2, 0.25) is 0 Å². The summed E-state index contributed by atoms with van der Waals surface area (Å²) in [4.78, 5) is 14.8. The van der Waals surface area contributed by atoms with E-state index in [-0.39, 0.29) is 11.3 Å². The smallest absolute Gasteiger partial charge is 0.338 e. The maximum absolute atomic E-state index is 12.6. The third kappa shape index (κ3) is 5.24. The van der Waals surface area contributed by atoms with Crippen LogP contribution in [0.25, 0.3) is 0 Å². The van der Waals surface area contributed by atoms with E-state index in [1.807, 2.05) is 6.92 Å². The maximum Gasteiger partial charge on any atom is 0.338 e. The lowest BCUT2D eigenvalue weighted by Gasteiger charge is -2.34. The second kappa shape index (κ2) is 9.38. The SMILES string of the molecule is CO[C@@H]1CC(=NNS(=O)(=O)c2ccc(C)cc2)[C@H](OC(=O)c2ccccc2)[C@@H](C)O1. The van der Waals surface area contributed by atoms with E-state index in [4.69, 9.17) is 14.2 Å². The molecule has 2 aromatic rings. The predicted molar refractivity (Wildman–Crippen MR) is 111 cm³/mol. The van der Waals surface area contributed by atoms with Gasteiger partial charge in [-0.05, 0) is 38.1 Å². The highest BCUT2D eigenvalue weighted by Gasteiger charge is 2.37. The molecule has 1 aliphatic heterocycles. The predicted octanol–water partition coefficient (Wildman–Crippen LogP) is 2.64. The first-order chi connectivity index (χ1) is 14.3. The molecule has 8 nitrogen and oxygen atoms in total. The van der Waals surface area contributed by atoms with Crippen molar-refractivity contribution in [1.82, 2.24) is 4.83 Å². The highest BCUT2D eigenvalue weighted by Crippen LogP contribution is 2.22. The van der Waals surface area contributed by atoms with Gasteiger partial charge in [-0.15, -0.1) is 0 Å². The molecule has 0 amide bonds. The minimum Gasteiger partial charge on any atom is -0.450 e. The summed E-state index contributed by atoms with van der Waals surface area (Å²) in [6.07, 6.45) is -1.94. The van der Waals surface area contributed by atoms with E-state index >= 15 is 0 Å². The topological polar surface area (TPSA) is 103 Å². The van der Waals surface area contributed by atoms with Crippen LogP contribution in [0.1, 0.15) is 29.3 Å². The Labute approximate surface area is 175 Å². The number of hydrogen-bond donors (Lipinski definition) is 1. The molecule has 30 heavy (non-hydrogen) atoms. The Kier molecular flexibility index (Phi) is 6.86. The number of rotatable bonds is 6. The van der Waals surface area contributed by atoms with Gasteiger partial charge in [-0.3, -0.25) is 0 Å². The third-order valence-corrected chi connectivity index (χ3v) is 5.87. The normalized spacial score (nSPS) is 23.2. The molecule has 0 aromatic heterocycles. The highest BCUT2D eigenvalue weighted by molar-refractivity contribution is 7.89. The second-order valence-electron chi connectivity index (χ2n) is 6.91. The zero-order valence-electron chi connectivity index (χ0n) is 16.9. The number of nitrogens with zero attached hydrogens (tertiary/aromatic N) is 1. The van der Waals surface area contributed by atoms with Crippen LogP contribution < -0.4 is 4.83 Å². The van der Waals surface area contributed by atoms with Gasteiger partial charge in [-0.25, -0.2) is 4.79 Å². The van der Waals surface area contributed by atoms with Crippen molar-refractivity contribution in [2.45, 2.75) is 43.7 Å². The van der Waals surface area contributed by atoms with E-state index in [1.165, 1.54) is 19.2 Å². The van der Waals surface area contributed by atoms with Gasteiger partial charge >= 0.3 is 5.97 Å². The molecule has 0 spiro atoms. The number of aryl methyl sites for hydroxylation is 1. The lowest BCUT2D eigenvalue weighted by molar-refractivity contribution is -0.175. The molecule has 2 aromatic carbocycles. The fourth-order valence-electron chi connectivity index (χ4n) is 2.98. The van der Waals surface area contributed by atoms with Crippen molar-refractivity contribution in [1.29, 1.82) is 0 Å². The van der Waals surface area contributed by atoms with Crippen LogP contribution in [0.4, 0.5) is 0 Å². The van der Waals surface area contributed by atoms with Crippen LogP contribution in [0.2, 0.25) is 0 Å². The molecule has 1 heterocycles. The number of hydrazone groups is 1. The summed E-state index contributed by atoms with van der Waals surface area (Å²) < 4.78 is 41.7. The summed E-state index contributed by atoms with van der Waals surface area (Å²) in [5.41, 5.74) is 1.62. The van der Waals surface area contributed by atoms with Crippen molar-refractivity contribution in [2.24, 2.45) is 5.10 Å². The zero-order valence-corrected chi connectivity index (χ0v) is 17.8. The van der Waals surface area contributed by atoms with E-state index in [0.717, 1.165) is 5.56 Å². The third-order valence-electron chi connectivity index (χ3n) is 4.64. The number of benzene rings is 2. The zero-order chi connectivity index (χ0) is 21.7. The first-order valence-electron chi connectivity index (χ1n) is 9.39. The van der Waals surface area contributed by atoms with Crippen LogP contribution in [0.15, 0.2) is 64.6 Å². The fraction of sp³-hybridized carbons (Fsp3) is 0.333. The number of carbonyl (C=O) groups is 1. The average molecular weight is 432 g/mol. The molecule has 160 valence electrons. The molecule has 1 saturated heterocycles. The van der Waals surface area contributed by atoms with Gasteiger partial charge < -0.3 is 14.2 Å². The minimum atomic E-state index is -3.88. The van der Waals surface area contributed by atoms with Gasteiger partial charge in [0.15, 0.2) is 12.4 Å². The number of esters is 1. The molecule has 1 N–H and O–H groups in total. The van der Waals surface area contributed by atoms with E-state index in [2.05, 4.69) is 9.93 Å². The molecule has 1 aliphatic rings. The summed E-state index contributed by atoms with van der Waals surface area (Å²) in [5.74, 6) is -0.555. The quantitative estimate of drug-likeness (QED) is 0.556. The van der Waals surface area contributed by atoms with Crippen molar-refractivity contribution in [3.63, 3.8) is 0 Å². The number of carbonyl (C=O) groups excluding carboxylic acids is 1. The van der Waals surface area contributed by atoms with Crippen LogP contribution in [-0.4, -0.2) is 45.7 Å². The number of sulfonamides is 1.